The summed E-state index contributed by atoms with van der Waals surface area (Å²) in [5, 5.41) is 7.83. The molecule has 0 fully saturated rings. The number of aromatic nitrogens is 3. The van der Waals surface area contributed by atoms with Crippen LogP contribution in [0.15, 0.2) is 42.6 Å². The summed E-state index contributed by atoms with van der Waals surface area (Å²) in [6, 6.07) is 11.5. The number of H-pyrrole nitrogens is 1. The van der Waals surface area contributed by atoms with Crippen molar-refractivity contribution in [2.24, 2.45) is 0 Å². The van der Waals surface area contributed by atoms with E-state index in [0.717, 1.165) is 23.3 Å². The summed E-state index contributed by atoms with van der Waals surface area (Å²) in [6.07, 6.45) is 2.33. The Labute approximate surface area is 140 Å². The molecule has 1 aromatic carbocycles. The highest BCUT2D eigenvalue weighted by atomic mass is 16.5. The molecular formula is C18H20N4O2. The molecular weight excluding hydrogens is 304 g/mol. The van der Waals surface area contributed by atoms with Crippen LogP contribution in [0.1, 0.15) is 22.5 Å². The van der Waals surface area contributed by atoms with E-state index in [2.05, 4.69) is 15.2 Å². The molecule has 0 aliphatic carbocycles. The minimum absolute atomic E-state index is 0.0512. The highest BCUT2D eigenvalue weighted by Gasteiger charge is 2.14. The summed E-state index contributed by atoms with van der Waals surface area (Å²) < 4.78 is 5.64. The Hall–Kier alpha value is -2.89. The monoisotopic (exact) mass is 324 g/mol. The van der Waals surface area contributed by atoms with Gasteiger partial charge in [0.2, 0.25) is 0 Å². The standard InChI is InChI=1S/C18H20N4O2/c1-13-16-11-14(12-19-17(16)21-20-13)18(23)22(2)9-6-10-24-15-7-4-3-5-8-15/h3-5,7-8,11-12H,6,9-10H2,1-2H3,(H,19,20,21). The van der Waals surface area contributed by atoms with Crippen LogP contribution in [0.5, 0.6) is 5.75 Å². The van der Waals surface area contributed by atoms with Crippen molar-refractivity contribution >= 4 is 16.9 Å². The minimum atomic E-state index is -0.0512. The molecule has 3 rings (SSSR count). The lowest BCUT2D eigenvalue weighted by Crippen LogP contribution is -2.28. The molecule has 0 aliphatic heterocycles. The number of carbonyl (C=O) groups excluding carboxylic acids is 1. The van der Waals surface area contributed by atoms with E-state index in [1.165, 1.54) is 0 Å². The van der Waals surface area contributed by atoms with E-state index >= 15 is 0 Å². The Kier molecular flexibility index (Phi) is 4.74. The number of aryl methyl sites for hydroxylation is 1. The molecule has 1 N–H and O–H groups in total. The zero-order chi connectivity index (χ0) is 16.9. The van der Waals surface area contributed by atoms with Crippen LogP contribution in [0.3, 0.4) is 0 Å². The van der Waals surface area contributed by atoms with E-state index in [9.17, 15) is 4.79 Å². The van der Waals surface area contributed by atoms with Gasteiger partial charge in [-0.3, -0.25) is 9.89 Å². The van der Waals surface area contributed by atoms with Crippen LogP contribution in [0, 0.1) is 6.92 Å². The first-order valence-corrected chi connectivity index (χ1v) is 7.89. The number of nitrogens with one attached hydrogen (secondary N) is 1. The normalized spacial score (nSPS) is 10.8. The number of rotatable bonds is 6. The fraction of sp³-hybridized carbons (Fsp3) is 0.278. The minimum Gasteiger partial charge on any atom is -0.494 e. The van der Waals surface area contributed by atoms with E-state index < -0.39 is 0 Å². The third-order valence-corrected chi connectivity index (χ3v) is 3.84. The lowest BCUT2D eigenvalue weighted by molar-refractivity contribution is 0.0787. The fourth-order valence-corrected chi connectivity index (χ4v) is 2.47. The number of fused-ring (bicyclic) bond motifs is 1. The SMILES string of the molecule is Cc1[nH]nc2ncc(C(=O)N(C)CCCOc3ccccc3)cc12. The van der Waals surface area contributed by atoms with Gasteiger partial charge in [-0.15, -0.1) is 0 Å². The zero-order valence-corrected chi connectivity index (χ0v) is 13.8. The molecule has 3 aromatic rings. The Balaban J connectivity index is 1.54. The van der Waals surface area contributed by atoms with Crippen LogP contribution in [0.25, 0.3) is 11.0 Å². The van der Waals surface area contributed by atoms with Crippen molar-refractivity contribution in [3.63, 3.8) is 0 Å². The Morgan fingerprint density at radius 1 is 1.29 bits per heavy atom. The van der Waals surface area contributed by atoms with Gasteiger partial charge >= 0.3 is 0 Å². The molecule has 0 atom stereocenters. The highest BCUT2D eigenvalue weighted by molar-refractivity contribution is 5.97. The Bertz CT molecular complexity index is 829. The van der Waals surface area contributed by atoms with Crippen LogP contribution in [-0.4, -0.2) is 46.2 Å². The van der Waals surface area contributed by atoms with Gasteiger partial charge in [0.1, 0.15) is 5.75 Å². The molecule has 0 spiro atoms. The molecule has 2 aromatic heterocycles. The van der Waals surface area contributed by atoms with Crippen molar-refractivity contribution in [3.8, 4) is 5.75 Å². The number of aromatic amines is 1. The summed E-state index contributed by atoms with van der Waals surface area (Å²) in [5.74, 6) is 0.793. The third kappa shape index (κ3) is 3.53. The van der Waals surface area contributed by atoms with E-state index in [1.807, 2.05) is 43.3 Å². The molecule has 0 bridgehead atoms. The maximum absolute atomic E-state index is 12.5. The largest absolute Gasteiger partial charge is 0.494 e. The molecule has 24 heavy (non-hydrogen) atoms. The van der Waals surface area contributed by atoms with Crippen LogP contribution < -0.4 is 4.74 Å². The molecule has 6 nitrogen and oxygen atoms in total. The molecule has 2 heterocycles. The lowest BCUT2D eigenvalue weighted by Gasteiger charge is -2.17. The van der Waals surface area contributed by atoms with Crippen molar-refractivity contribution in [3.05, 3.63) is 53.9 Å². The number of hydrogen-bond acceptors (Lipinski definition) is 4. The summed E-state index contributed by atoms with van der Waals surface area (Å²) in [5.41, 5.74) is 2.10. The maximum atomic E-state index is 12.5. The van der Waals surface area contributed by atoms with E-state index in [4.69, 9.17) is 4.74 Å². The maximum Gasteiger partial charge on any atom is 0.255 e. The number of pyridine rings is 1. The first-order valence-electron chi connectivity index (χ1n) is 7.89. The quantitative estimate of drug-likeness (QED) is 0.708. The van der Waals surface area contributed by atoms with Crippen molar-refractivity contribution in [1.82, 2.24) is 20.1 Å². The smallest absolute Gasteiger partial charge is 0.255 e. The second-order valence-electron chi connectivity index (χ2n) is 5.69. The first kappa shape index (κ1) is 16.0. The summed E-state index contributed by atoms with van der Waals surface area (Å²) in [6.45, 7) is 3.10. The molecule has 0 radical (unpaired) electrons. The second kappa shape index (κ2) is 7.12. The average Bonchev–Trinajstić information content (AvgIpc) is 2.99. The van der Waals surface area contributed by atoms with Gasteiger partial charge < -0.3 is 9.64 Å². The number of amides is 1. The molecule has 1 amide bonds. The van der Waals surface area contributed by atoms with Gasteiger partial charge in [0.25, 0.3) is 5.91 Å². The number of nitrogens with zero attached hydrogens (tertiary/aromatic N) is 3. The molecule has 0 saturated heterocycles. The first-order chi connectivity index (χ1) is 11.6. The van der Waals surface area contributed by atoms with Gasteiger partial charge in [-0.05, 0) is 31.5 Å². The van der Waals surface area contributed by atoms with Crippen molar-refractivity contribution in [2.45, 2.75) is 13.3 Å². The summed E-state index contributed by atoms with van der Waals surface area (Å²) in [7, 11) is 1.79. The van der Waals surface area contributed by atoms with Gasteiger partial charge in [0.15, 0.2) is 5.65 Å². The zero-order valence-electron chi connectivity index (χ0n) is 13.8. The van der Waals surface area contributed by atoms with E-state index in [-0.39, 0.29) is 5.91 Å². The van der Waals surface area contributed by atoms with Gasteiger partial charge in [-0.2, -0.15) is 5.10 Å². The number of ether oxygens (including phenoxy) is 1. The number of hydrogen-bond donors (Lipinski definition) is 1. The Morgan fingerprint density at radius 2 is 2.08 bits per heavy atom. The average molecular weight is 324 g/mol. The summed E-state index contributed by atoms with van der Waals surface area (Å²) in [4.78, 5) is 18.4. The third-order valence-electron chi connectivity index (χ3n) is 3.84. The van der Waals surface area contributed by atoms with Crippen LogP contribution >= 0.6 is 0 Å². The number of benzene rings is 1. The van der Waals surface area contributed by atoms with Gasteiger partial charge in [0.05, 0.1) is 12.2 Å². The highest BCUT2D eigenvalue weighted by Crippen LogP contribution is 2.15. The van der Waals surface area contributed by atoms with Crippen LogP contribution in [-0.2, 0) is 0 Å². The molecule has 124 valence electrons. The van der Waals surface area contributed by atoms with Crippen molar-refractivity contribution < 1.29 is 9.53 Å². The predicted octanol–water partition coefficient (Wildman–Crippen LogP) is 2.81. The number of carbonyl (C=O) groups is 1. The van der Waals surface area contributed by atoms with Crippen LogP contribution in [0.4, 0.5) is 0 Å². The molecule has 0 unspecified atom stereocenters. The van der Waals surface area contributed by atoms with Crippen LogP contribution in [0.2, 0.25) is 0 Å². The topological polar surface area (TPSA) is 71.1 Å². The molecule has 0 aliphatic rings. The molecule has 0 saturated carbocycles. The second-order valence-corrected chi connectivity index (χ2v) is 5.69. The molecule has 6 heteroatoms. The van der Waals surface area contributed by atoms with E-state index in [0.29, 0.717) is 24.4 Å². The fourth-order valence-electron chi connectivity index (χ4n) is 2.47. The van der Waals surface area contributed by atoms with Gasteiger partial charge in [-0.1, -0.05) is 18.2 Å². The summed E-state index contributed by atoms with van der Waals surface area (Å²) >= 11 is 0. The van der Waals surface area contributed by atoms with Crippen molar-refractivity contribution in [2.75, 3.05) is 20.2 Å². The van der Waals surface area contributed by atoms with Crippen molar-refractivity contribution in [1.29, 1.82) is 0 Å². The van der Waals surface area contributed by atoms with Gasteiger partial charge in [0, 0.05) is 30.9 Å². The van der Waals surface area contributed by atoms with E-state index in [1.54, 1.807) is 18.1 Å². The van der Waals surface area contributed by atoms with Gasteiger partial charge in [-0.25, -0.2) is 4.98 Å². The Morgan fingerprint density at radius 3 is 2.88 bits per heavy atom. The lowest BCUT2D eigenvalue weighted by atomic mass is 10.2. The predicted molar refractivity (Wildman–Crippen MR) is 92.1 cm³/mol. The number of para-hydroxylation sites is 1.